The number of rotatable bonds is 1. The Hall–Kier alpha value is -1.68. The van der Waals surface area contributed by atoms with E-state index in [0.717, 1.165) is 46.1 Å². The summed E-state index contributed by atoms with van der Waals surface area (Å²) >= 11 is 3.61. The molecule has 4 rings (SSSR count). The lowest BCUT2D eigenvalue weighted by atomic mass is 9.91. The Morgan fingerprint density at radius 3 is 3.09 bits per heavy atom. The van der Waals surface area contributed by atoms with Gasteiger partial charge in [0.2, 0.25) is 0 Å². The fraction of sp³-hybridized carbons (Fsp3) is 0.333. The molecule has 2 aliphatic rings. The van der Waals surface area contributed by atoms with Crippen LogP contribution in [0.3, 0.4) is 0 Å². The monoisotopic (exact) mass is 356 g/mol. The van der Waals surface area contributed by atoms with E-state index < -0.39 is 0 Å². The van der Waals surface area contributed by atoms with Crippen LogP contribution in [0.4, 0.5) is 0 Å². The largest absolute Gasteiger partial charge is 0.331 e. The Balaban J connectivity index is 1.64. The summed E-state index contributed by atoms with van der Waals surface area (Å²) in [6.45, 7) is 2.74. The van der Waals surface area contributed by atoms with Gasteiger partial charge in [0.05, 0.1) is 0 Å². The Labute approximate surface area is 138 Å². The van der Waals surface area contributed by atoms with Gasteiger partial charge in [0.1, 0.15) is 0 Å². The van der Waals surface area contributed by atoms with Crippen molar-refractivity contribution < 1.29 is 4.79 Å². The molecule has 0 bridgehead atoms. The van der Waals surface area contributed by atoms with Gasteiger partial charge in [0, 0.05) is 40.9 Å². The standard InChI is InChI=1S/C18H17BrN2O/c1-11-7-14-15(16(19)8-11)10-21(18(14)22)13-5-4-12-3-2-6-20-17(12)9-13/h2-3,6-8,13H,4-5,9-10H2,1H3. The highest BCUT2D eigenvalue weighted by Crippen LogP contribution is 2.34. The summed E-state index contributed by atoms with van der Waals surface area (Å²) in [5, 5.41) is 0. The van der Waals surface area contributed by atoms with Crippen molar-refractivity contribution in [2.45, 2.75) is 38.8 Å². The number of amides is 1. The molecule has 4 heteroatoms. The number of hydrogen-bond acceptors (Lipinski definition) is 2. The van der Waals surface area contributed by atoms with Crippen LogP contribution < -0.4 is 0 Å². The number of aromatic nitrogens is 1. The summed E-state index contributed by atoms with van der Waals surface area (Å²) in [5.41, 5.74) is 5.59. The van der Waals surface area contributed by atoms with Gasteiger partial charge in [-0.3, -0.25) is 9.78 Å². The second-order valence-corrected chi connectivity index (χ2v) is 7.07. The second-order valence-electron chi connectivity index (χ2n) is 6.21. The van der Waals surface area contributed by atoms with Gasteiger partial charge >= 0.3 is 0 Å². The van der Waals surface area contributed by atoms with Gasteiger partial charge in [0.15, 0.2) is 0 Å². The van der Waals surface area contributed by atoms with Crippen LogP contribution in [-0.4, -0.2) is 21.8 Å². The minimum atomic E-state index is 0.170. The molecular formula is C18H17BrN2O. The van der Waals surface area contributed by atoms with Crippen molar-refractivity contribution in [2.24, 2.45) is 0 Å². The first-order valence-electron chi connectivity index (χ1n) is 7.66. The van der Waals surface area contributed by atoms with Crippen LogP contribution in [-0.2, 0) is 19.4 Å². The zero-order valence-electron chi connectivity index (χ0n) is 12.5. The Morgan fingerprint density at radius 1 is 1.36 bits per heavy atom. The highest BCUT2D eigenvalue weighted by Gasteiger charge is 2.35. The molecule has 0 radical (unpaired) electrons. The first kappa shape index (κ1) is 13.9. The van der Waals surface area contributed by atoms with Crippen LogP contribution in [0.5, 0.6) is 0 Å². The highest BCUT2D eigenvalue weighted by atomic mass is 79.9. The molecule has 0 saturated carbocycles. The Morgan fingerprint density at radius 2 is 2.23 bits per heavy atom. The van der Waals surface area contributed by atoms with Crippen molar-refractivity contribution in [2.75, 3.05) is 0 Å². The van der Waals surface area contributed by atoms with Gasteiger partial charge in [-0.15, -0.1) is 0 Å². The fourth-order valence-electron chi connectivity index (χ4n) is 3.61. The molecule has 2 heterocycles. The van der Waals surface area contributed by atoms with E-state index in [2.05, 4.69) is 33.0 Å². The lowest BCUT2D eigenvalue weighted by molar-refractivity contribution is 0.0686. The zero-order valence-corrected chi connectivity index (χ0v) is 14.1. The molecule has 2 aromatic rings. The number of pyridine rings is 1. The van der Waals surface area contributed by atoms with Crippen LogP contribution in [0.25, 0.3) is 0 Å². The van der Waals surface area contributed by atoms with Gasteiger partial charge in [-0.1, -0.05) is 22.0 Å². The summed E-state index contributed by atoms with van der Waals surface area (Å²) in [6.07, 6.45) is 4.75. The van der Waals surface area contributed by atoms with Crippen molar-refractivity contribution >= 4 is 21.8 Å². The van der Waals surface area contributed by atoms with Crippen LogP contribution in [0, 0.1) is 6.92 Å². The van der Waals surface area contributed by atoms with Crippen molar-refractivity contribution in [3.05, 3.63) is 62.9 Å². The summed E-state index contributed by atoms with van der Waals surface area (Å²) in [6, 6.07) is 8.51. The Bertz CT molecular complexity index is 772. The molecule has 1 unspecified atom stereocenters. The van der Waals surface area contributed by atoms with E-state index in [1.165, 1.54) is 5.56 Å². The molecule has 0 spiro atoms. The van der Waals surface area contributed by atoms with Crippen molar-refractivity contribution in [1.82, 2.24) is 9.88 Å². The maximum Gasteiger partial charge on any atom is 0.254 e. The van der Waals surface area contributed by atoms with Crippen molar-refractivity contribution in [3.63, 3.8) is 0 Å². The molecular weight excluding hydrogens is 340 g/mol. The number of hydrogen-bond donors (Lipinski definition) is 0. The zero-order chi connectivity index (χ0) is 15.3. The highest BCUT2D eigenvalue weighted by molar-refractivity contribution is 9.10. The smallest absolute Gasteiger partial charge is 0.254 e. The molecule has 1 aliphatic heterocycles. The van der Waals surface area contributed by atoms with Crippen LogP contribution in [0.2, 0.25) is 0 Å². The summed E-state index contributed by atoms with van der Waals surface area (Å²) < 4.78 is 1.05. The molecule has 3 nitrogen and oxygen atoms in total. The summed E-state index contributed by atoms with van der Waals surface area (Å²) in [7, 11) is 0. The molecule has 112 valence electrons. The first-order valence-corrected chi connectivity index (χ1v) is 8.45. The lowest BCUT2D eigenvalue weighted by Gasteiger charge is -2.31. The predicted molar refractivity (Wildman–Crippen MR) is 88.8 cm³/mol. The summed E-state index contributed by atoms with van der Waals surface area (Å²) in [4.78, 5) is 19.3. The van der Waals surface area contributed by atoms with Gasteiger partial charge in [-0.2, -0.15) is 0 Å². The van der Waals surface area contributed by atoms with Gasteiger partial charge in [-0.05, 0) is 54.7 Å². The fourth-order valence-corrected chi connectivity index (χ4v) is 4.31. The average molecular weight is 357 g/mol. The number of fused-ring (bicyclic) bond motifs is 2. The molecule has 0 N–H and O–H groups in total. The third kappa shape index (κ3) is 2.17. The number of carbonyl (C=O) groups is 1. The van der Waals surface area contributed by atoms with Crippen molar-refractivity contribution in [1.29, 1.82) is 0 Å². The minimum absolute atomic E-state index is 0.170. The predicted octanol–water partition coefficient (Wildman–Crippen LogP) is 3.67. The molecule has 22 heavy (non-hydrogen) atoms. The molecule has 0 saturated heterocycles. The van der Waals surface area contributed by atoms with Crippen LogP contribution >= 0.6 is 15.9 Å². The van der Waals surface area contributed by atoms with Gasteiger partial charge < -0.3 is 4.90 Å². The van der Waals surface area contributed by atoms with E-state index in [1.54, 1.807) is 0 Å². The Kier molecular flexibility index (Phi) is 3.30. The number of carbonyl (C=O) groups excluding carboxylic acids is 1. The van der Waals surface area contributed by atoms with Crippen molar-refractivity contribution in [3.8, 4) is 0 Å². The average Bonchev–Trinajstić information content (AvgIpc) is 2.84. The number of aryl methyl sites for hydroxylation is 2. The first-order chi connectivity index (χ1) is 10.6. The van der Waals surface area contributed by atoms with E-state index in [1.807, 2.05) is 30.2 Å². The van der Waals surface area contributed by atoms with Crippen LogP contribution in [0.1, 0.15) is 39.2 Å². The molecule has 1 aromatic heterocycles. The molecule has 1 amide bonds. The number of nitrogens with zero attached hydrogens (tertiary/aromatic N) is 2. The number of benzene rings is 1. The third-order valence-corrected chi connectivity index (χ3v) is 5.47. The van der Waals surface area contributed by atoms with Crippen LogP contribution in [0.15, 0.2) is 34.9 Å². The topological polar surface area (TPSA) is 33.2 Å². The lowest BCUT2D eigenvalue weighted by Crippen LogP contribution is -2.39. The molecule has 1 aliphatic carbocycles. The van der Waals surface area contributed by atoms with E-state index in [9.17, 15) is 4.79 Å². The molecule has 1 aromatic carbocycles. The van der Waals surface area contributed by atoms with E-state index in [4.69, 9.17) is 0 Å². The minimum Gasteiger partial charge on any atom is -0.331 e. The SMILES string of the molecule is Cc1cc(Br)c2c(c1)C(=O)N(C1CCc3cccnc3C1)C2. The third-order valence-electron chi connectivity index (χ3n) is 4.76. The quantitative estimate of drug-likeness (QED) is 0.780. The maximum atomic E-state index is 12.8. The van der Waals surface area contributed by atoms with E-state index >= 15 is 0 Å². The second kappa shape index (κ2) is 5.20. The molecule has 1 atom stereocenters. The van der Waals surface area contributed by atoms with Gasteiger partial charge in [-0.25, -0.2) is 0 Å². The number of halogens is 1. The van der Waals surface area contributed by atoms with E-state index in [0.29, 0.717) is 6.54 Å². The maximum absolute atomic E-state index is 12.8. The molecule has 0 fully saturated rings. The van der Waals surface area contributed by atoms with Gasteiger partial charge in [0.25, 0.3) is 5.91 Å². The summed E-state index contributed by atoms with van der Waals surface area (Å²) in [5.74, 6) is 0.170. The van der Waals surface area contributed by atoms with E-state index in [-0.39, 0.29) is 11.9 Å². The normalized spacial score (nSPS) is 20.0.